The summed E-state index contributed by atoms with van der Waals surface area (Å²) in [7, 11) is 2.82. The molecule has 1 aliphatic rings. The van der Waals surface area contributed by atoms with E-state index >= 15 is 0 Å². The van der Waals surface area contributed by atoms with Crippen LogP contribution in [0.15, 0.2) is 48.4 Å². The topological polar surface area (TPSA) is 122 Å². The van der Waals surface area contributed by atoms with Crippen LogP contribution in [0.3, 0.4) is 0 Å². The van der Waals surface area contributed by atoms with E-state index in [2.05, 4.69) is 30.4 Å². The summed E-state index contributed by atoms with van der Waals surface area (Å²) in [6.45, 7) is 0. The zero-order valence-corrected chi connectivity index (χ0v) is 19.7. The lowest BCUT2D eigenvalue weighted by Crippen LogP contribution is -2.41. The molecule has 36 heavy (non-hydrogen) atoms. The van der Waals surface area contributed by atoms with E-state index in [-0.39, 0.29) is 5.56 Å². The lowest BCUT2D eigenvalue weighted by molar-refractivity contribution is -0.177. The van der Waals surface area contributed by atoms with Gasteiger partial charge in [-0.15, -0.1) is 11.3 Å². The maximum absolute atomic E-state index is 13.4. The van der Waals surface area contributed by atoms with Gasteiger partial charge in [0, 0.05) is 67.9 Å². The number of pyridine rings is 1. The van der Waals surface area contributed by atoms with Gasteiger partial charge in [-0.2, -0.15) is 18.3 Å². The number of aliphatic hydroxyl groups is 1. The summed E-state index contributed by atoms with van der Waals surface area (Å²) in [5, 5.41) is 20.5. The number of anilines is 2. The van der Waals surface area contributed by atoms with Crippen LogP contribution >= 0.6 is 11.3 Å². The predicted octanol–water partition coefficient (Wildman–Crippen LogP) is 3.12. The molecule has 4 aromatic rings. The number of carbonyl (C=O) groups is 1. The van der Waals surface area contributed by atoms with Crippen molar-refractivity contribution in [1.82, 2.24) is 34.6 Å². The SMILES string of the molecule is CN1C(=O)[C@@](O)(c2cncc(-c3csc(-c4ccnc(Nc5ccn(C)n5)n4)n3)c2)C[C@H]1C(F)(F)F. The van der Waals surface area contributed by atoms with Crippen LogP contribution in [0, 0.1) is 0 Å². The van der Waals surface area contributed by atoms with E-state index in [0.29, 0.717) is 38.6 Å². The predicted molar refractivity (Wildman–Crippen MR) is 124 cm³/mol. The molecule has 1 saturated heterocycles. The average molecular weight is 517 g/mol. The normalized spacial score (nSPS) is 20.2. The number of thiazole rings is 1. The summed E-state index contributed by atoms with van der Waals surface area (Å²) in [4.78, 5) is 30.4. The minimum atomic E-state index is -4.66. The highest BCUT2D eigenvalue weighted by Gasteiger charge is 2.59. The first-order valence-corrected chi connectivity index (χ1v) is 11.5. The lowest BCUT2D eigenvalue weighted by Gasteiger charge is -2.21. The number of hydrogen-bond donors (Lipinski definition) is 2. The van der Waals surface area contributed by atoms with Crippen LogP contribution in [0.5, 0.6) is 0 Å². The Morgan fingerprint density at radius 2 is 2.00 bits per heavy atom. The second-order valence-electron chi connectivity index (χ2n) is 8.30. The van der Waals surface area contributed by atoms with Crippen molar-refractivity contribution in [3.63, 3.8) is 0 Å². The van der Waals surface area contributed by atoms with E-state index < -0.39 is 30.1 Å². The Hall–Kier alpha value is -3.91. The van der Waals surface area contributed by atoms with Crippen LogP contribution in [-0.4, -0.2) is 64.9 Å². The molecule has 0 saturated carbocycles. The number of halogens is 3. The van der Waals surface area contributed by atoms with Gasteiger partial charge in [0.25, 0.3) is 5.91 Å². The number of rotatable bonds is 5. The third-order valence-electron chi connectivity index (χ3n) is 5.85. The standard InChI is InChI=1S/C22H19F3N8O2S/c1-32-6-4-17(31-32)30-20-27-5-3-14(29-20)18-28-15(11-36-18)12-7-13(10-26-9-12)21(35)8-16(22(23,24)25)33(2)19(21)34/h3-7,9-11,16,35H,8H2,1-2H3,(H,27,29,30,31)/t16-,21-/m0/s1. The van der Waals surface area contributed by atoms with Crippen LogP contribution in [0.1, 0.15) is 12.0 Å². The number of hydrogen-bond acceptors (Lipinski definition) is 9. The molecule has 4 aromatic heterocycles. The fourth-order valence-electron chi connectivity index (χ4n) is 3.98. The van der Waals surface area contributed by atoms with E-state index in [1.165, 1.54) is 29.8 Å². The van der Waals surface area contributed by atoms with Gasteiger partial charge in [-0.3, -0.25) is 14.5 Å². The highest BCUT2D eigenvalue weighted by atomic mass is 32.1. The zero-order valence-electron chi connectivity index (χ0n) is 18.9. The number of nitrogens with zero attached hydrogens (tertiary/aromatic N) is 7. The molecule has 0 bridgehead atoms. The molecule has 1 fully saturated rings. The maximum Gasteiger partial charge on any atom is 0.408 e. The van der Waals surface area contributed by atoms with Crippen molar-refractivity contribution in [2.24, 2.45) is 7.05 Å². The zero-order chi connectivity index (χ0) is 25.7. The third kappa shape index (κ3) is 4.28. The Morgan fingerprint density at radius 1 is 1.19 bits per heavy atom. The van der Waals surface area contributed by atoms with E-state index in [0.717, 1.165) is 7.05 Å². The van der Waals surface area contributed by atoms with Crippen LogP contribution in [0.4, 0.5) is 24.9 Å². The second kappa shape index (κ2) is 8.64. The minimum absolute atomic E-state index is 0.0259. The van der Waals surface area contributed by atoms with Crippen molar-refractivity contribution in [1.29, 1.82) is 0 Å². The van der Waals surface area contributed by atoms with Gasteiger partial charge in [0.1, 0.15) is 16.7 Å². The Bertz CT molecular complexity index is 1440. The Balaban J connectivity index is 1.41. The quantitative estimate of drug-likeness (QED) is 0.415. The fourth-order valence-corrected chi connectivity index (χ4v) is 4.78. The minimum Gasteiger partial charge on any atom is -0.375 e. The molecule has 1 aliphatic heterocycles. The first kappa shape index (κ1) is 23.8. The molecule has 1 amide bonds. The van der Waals surface area contributed by atoms with Crippen LogP contribution in [0.2, 0.25) is 0 Å². The molecular formula is C22H19F3N8O2S. The fraction of sp³-hybridized carbons (Fsp3) is 0.273. The van der Waals surface area contributed by atoms with E-state index in [1.54, 1.807) is 41.6 Å². The number of aryl methyl sites for hydroxylation is 1. The van der Waals surface area contributed by atoms with E-state index in [1.807, 2.05) is 0 Å². The van der Waals surface area contributed by atoms with Crippen molar-refractivity contribution < 1.29 is 23.1 Å². The third-order valence-corrected chi connectivity index (χ3v) is 6.72. The number of likely N-dealkylation sites (tertiary alicyclic amines) is 1. The summed E-state index contributed by atoms with van der Waals surface area (Å²) in [5.41, 5.74) is -0.910. The van der Waals surface area contributed by atoms with Gasteiger partial charge in [-0.1, -0.05) is 0 Å². The molecule has 0 aromatic carbocycles. The van der Waals surface area contributed by atoms with E-state index in [4.69, 9.17) is 0 Å². The maximum atomic E-state index is 13.4. The highest BCUT2D eigenvalue weighted by Crippen LogP contribution is 2.43. The summed E-state index contributed by atoms with van der Waals surface area (Å²) in [5.74, 6) is -0.122. The summed E-state index contributed by atoms with van der Waals surface area (Å²) >= 11 is 1.30. The van der Waals surface area contributed by atoms with Crippen molar-refractivity contribution >= 4 is 29.0 Å². The van der Waals surface area contributed by atoms with Gasteiger partial charge in [0.2, 0.25) is 5.95 Å². The van der Waals surface area contributed by atoms with Crippen LogP contribution < -0.4 is 5.32 Å². The molecule has 2 N–H and O–H groups in total. The number of amides is 1. The van der Waals surface area contributed by atoms with Crippen molar-refractivity contribution in [2.75, 3.05) is 12.4 Å². The van der Waals surface area contributed by atoms with E-state index in [9.17, 15) is 23.1 Å². The van der Waals surface area contributed by atoms with Gasteiger partial charge in [-0.25, -0.2) is 15.0 Å². The molecule has 0 spiro atoms. The van der Waals surface area contributed by atoms with Gasteiger partial charge < -0.3 is 15.3 Å². The Labute approximate surface area is 206 Å². The molecule has 2 atom stereocenters. The number of likely N-dealkylation sites (N-methyl/N-ethyl adjacent to an activating group) is 1. The largest absolute Gasteiger partial charge is 0.408 e. The molecule has 0 aliphatic carbocycles. The van der Waals surface area contributed by atoms with Crippen LogP contribution in [-0.2, 0) is 17.4 Å². The molecule has 0 radical (unpaired) electrons. The molecule has 186 valence electrons. The molecule has 14 heteroatoms. The monoisotopic (exact) mass is 516 g/mol. The van der Waals surface area contributed by atoms with Crippen molar-refractivity contribution in [2.45, 2.75) is 24.2 Å². The lowest BCUT2D eigenvalue weighted by atomic mass is 9.90. The first-order valence-electron chi connectivity index (χ1n) is 10.6. The summed E-state index contributed by atoms with van der Waals surface area (Å²) in [6.07, 6.45) is 0.535. The summed E-state index contributed by atoms with van der Waals surface area (Å²) < 4.78 is 41.7. The van der Waals surface area contributed by atoms with Gasteiger partial charge in [-0.05, 0) is 12.1 Å². The second-order valence-corrected chi connectivity index (χ2v) is 9.16. The molecule has 0 unspecified atom stereocenters. The number of alkyl halides is 3. The highest BCUT2D eigenvalue weighted by molar-refractivity contribution is 7.13. The van der Waals surface area contributed by atoms with Crippen LogP contribution in [0.25, 0.3) is 22.0 Å². The Morgan fingerprint density at radius 3 is 2.69 bits per heavy atom. The molecule has 5 heterocycles. The van der Waals surface area contributed by atoms with Crippen molar-refractivity contribution in [3.8, 4) is 22.0 Å². The first-order chi connectivity index (χ1) is 17.0. The molecule has 10 nitrogen and oxygen atoms in total. The van der Waals surface area contributed by atoms with Crippen molar-refractivity contribution in [3.05, 3.63) is 53.9 Å². The van der Waals surface area contributed by atoms with Gasteiger partial charge in [0.05, 0.1) is 5.69 Å². The Kier molecular flexibility index (Phi) is 5.71. The smallest absolute Gasteiger partial charge is 0.375 e. The number of nitrogens with one attached hydrogen (secondary N) is 1. The number of aromatic nitrogens is 6. The van der Waals surface area contributed by atoms with Gasteiger partial charge >= 0.3 is 6.18 Å². The number of carbonyl (C=O) groups excluding carboxylic acids is 1. The average Bonchev–Trinajstić information content (AvgIpc) is 3.55. The van der Waals surface area contributed by atoms with Gasteiger partial charge in [0.15, 0.2) is 11.4 Å². The molecule has 5 rings (SSSR count). The molecular weight excluding hydrogens is 497 g/mol. The summed E-state index contributed by atoms with van der Waals surface area (Å²) in [6, 6.07) is 2.81.